The fraction of sp³-hybridized carbons (Fsp3) is 0.556. The van der Waals surface area contributed by atoms with Crippen molar-refractivity contribution in [2.75, 3.05) is 26.1 Å². The van der Waals surface area contributed by atoms with E-state index in [1.165, 1.54) is 37.7 Å². The first kappa shape index (κ1) is 17.4. The molecule has 1 aromatic rings. The van der Waals surface area contributed by atoms with Gasteiger partial charge in [0.2, 0.25) is 0 Å². The number of benzene rings is 1. The van der Waals surface area contributed by atoms with E-state index in [1.807, 2.05) is 18.2 Å². The molecule has 1 N–H and O–H groups in total. The molecule has 0 saturated carbocycles. The predicted molar refractivity (Wildman–Crippen MR) is 90.6 cm³/mol. The van der Waals surface area contributed by atoms with Crippen molar-refractivity contribution in [3.63, 3.8) is 0 Å². The van der Waals surface area contributed by atoms with Gasteiger partial charge in [-0.05, 0) is 45.2 Å². The summed E-state index contributed by atoms with van der Waals surface area (Å²) in [5.41, 5.74) is 2.50. The Hall–Kier alpha value is -1.64. The van der Waals surface area contributed by atoms with Gasteiger partial charge in [-0.1, -0.05) is 24.5 Å². The van der Waals surface area contributed by atoms with E-state index in [1.54, 1.807) is 14.2 Å². The lowest BCUT2D eigenvalue weighted by molar-refractivity contribution is 0.355. The lowest BCUT2D eigenvalue weighted by Gasteiger charge is -2.11. The van der Waals surface area contributed by atoms with Gasteiger partial charge in [-0.15, -0.1) is 0 Å². The SMILES string of the molecule is COc1ccc(NCCCCCCC=C(C)C)cc1OC. The molecule has 1 rings (SSSR count). The van der Waals surface area contributed by atoms with Crippen LogP contribution in [0.3, 0.4) is 0 Å². The molecule has 0 aromatic heterocycles. The van der Waals surface area contributed by atoms with Crippen LogP contribution in [0.5, 0.6) is 11.5 Å². The van der Waals surface area contributed by atoms with E-state index in [2.05, 4.69) is 25.2 Å². The summed E-state index contributed by atoms with van der Waals surface area (Å²) in [5.74, 6) is 1.53. The van der Waals surface area contributed by atoms with E-state index >= 15 is 0 Å². The third kappa shape index (κ3) is 7.07. The van der Waals surface area contributed by atoms with Gasteiger partial charge in [-0.25, -0.2) is 0 Å². The van der Waals surface area contributed by atoms with Crippen LogP contribution in [0.4, 0.5) is 5.69 Å². The molecule has 0 bridgehead atoms. The fourth-order valence-electron chi connectivity index (χ4n) is 2.19. The molecule has 0 spiro atoms. The third-order valence-corrected chi connectivity index (χ3v) is 3.40. The second-order valence-electron chi connectivity index (χ2n) is 5.48. The molecule has 0 aliphatic rings. The molecule has 118 valence electrons. The van der Waals surface area contributed by atoms with Gasteiger partial charge in [0.1, 0.15) is 0 Å². The van der Waals surface area contributed by atoms with Crippen molar-refractivity contribution in [3.05, 3.63) is 29.8 Å². The summed E-state index contributed by atoms with van der Waals surface area (Å²) in [6.07, 6.45) is 8.60. The van der Waals surface area contributed by atoms with Gasteiger partial charge in [0.25, 0.3) is 0 Å². The maximum absolute atomic E-state index is 5.30. The molecule has 0 aliphatic heterocycles. The highest BCUT2D eigenvalue weighted by Gasteiger charge is 2.03. The van der Waals surface area contributed by atoms with E-state index in [4.69, 9.17) is 9.47 Å². The Morgan fingerprint density at radius 1 is 1.00 bits per heavy atom. The number of ether oxygens (including phenoxy) is 2. The lowest BCUT2D eigenvalue weighted by atomic mass is 10.1. The molecule has 0 unspecified atom stereocenters. The van der Waals surface area contributed by atoms with Crippen molar-refractivity contribution in [2.24, 2.45) is 0 Å². The highest BCUT2D eigenvalue weighted by atomic mass is 16.5. The van der Waals surface area contributed by atoms with Crippen LogP contribution >= 0.6 is 0 Å². The standard InChI is InChI=1S/C18H29NO2/c1-15(2)10-8-6-5-7-9-13-19-16-11-12-17(20-3)18(14-16)21-4/h10-12,14,19H,5-9,13H2,1-4H3. The average Bonchev–Trinajstić information content (AvgIpc) is 2.49. The van der Waals surface area contributed by atoms with Crippen LogP contribution in [0, 0.1) is 0 Å². The first-order chi connectivity index (χ1) is 10.2. The maximum atomic E-state index is 5.30. The number of rotatable bonds is 10. The van der Waals surface area contributed by atoms with Gasteiger partial charge in [-0.2, -0.15) is 0 Å². The first-order valence-electron chi connectivity index (χ1n) is 7.76. The number of allylic oxidation sites excluding steroid dienone is 2. The van der Waals surface area contributed by atoms with Crippen LogP contribution in [0.15, 0.2) is 29.8 Å². The zero-order valence-corrected chi connectivity index (χ0v) is 13.9. The number of hydrogen-bond acceptors (Lipinski definition) is 3. The Balaban J connectivity index is 2.19. The summed E-state index contributed by atoms with van der Waals surface area (Å²) in [7, 11) is 3.31. The Bertz CT molecular complexity index is 437. The molecular formula is C18H29NO2. The molecule has 0 heterocycles. The van der Waals surface area contributed by atoms with E-state index < -0.39 is 0 Å². The summed E-state index contributed by atoms with van der Waals surface area (Å²) < 4.78 is 10.5. The van der Waals surface area contributed by atoms with Gasteiger partial charge >= 0.3 is 0 Å². The number of methoxy groups -OCH3 is 2. The summed E-state index contributed by atoms with van der Waals surface area (Å²) in [6, 6.07) is 5.93. The minimum Gasteiger partial charge on any atom is -0.493 e. The maximum Gasteiger partial charge on any atom is 0.162 e. The molecule has 21 heavy (non-hydrogen) atoms. The minimum absolute atomic E-state index is 0.766. The Morgan fingerprint density at radius 3 is 2.38 bits per heavy atom. The highest BCUT2D eigenvalue weighted by Crippen LogP contribution is 2.29. The summed E-state index contributed by atoms with van der Waals surface area (Å²) in [4.78, 5) is 0. The van der Waals surface area contributed by atoms with E-state index in [9.17, 15) is 0 Å². The monoisotopic (exact) mass is 291 g/mol. The molecule has 1 aromatic carbocycles. The zero-order valence-electron chi connectivity index (χ0n) is 13.9. The molecule has 0 atom stereocenters. The van der Waals surface area contributed by atoms with Crippen molar-refractivity contribution in [3.8, 4) is 11.5 Å². The van der Waals surface area contributed by atoms with Gasteiger partial charge in [0.15, 0.2) is 11.5 Å². The van der Waals surface area contributed by atoms with Crippen molar-refractivity contribution < 1.29 is 9.47 Å². The number of nitrogens with one attached hydrogen (secondary N) is 1. The third-order valence-electron chi connectivity index (χ3n) is 3.40. The quantitative estimate of drug-likeness (QED) is 0.484. The van der Waals surface area contributed by atoms with Gasteiger partial charge < -0.3 is 14.8 Å². The molecular weight excluding hydrogens is 262 g/mol. The number of anilines is 1. The topological polar surface area (TPSA) is 30.5 Å². The Labute approximate surface area is 129 Å². The molecule has 3 heteroatoms. The summed E-state index contributed by atoms with van der Waals surface area (Å²) in [5, 5.41) is 3.43. The fourth-order valence-corrected chi connectivity index (χ4v) is 2.19. The van der Waals surface area contributed by atoms with E-state index in [0.29, 0.717) is 0 Å². The molecule has 0 aliphatic carbocycles. The second kappa shape index (κ2) is 10.1. The van der Waals surface area contributed by atoms with Crippen LogP contribution < -0.4 is 14.8 Å². The molecule has 0 amide bonds. The highest BCUT2D eigenvalue weighted by molar-refractivity contribution is 5.54. The number of hydrogen-bond donors (Lipinski definition) is 1. The van der Waals surface area contributed by atoms with E-state index in [-0.39, 0.29) is 0 Å². The van der Waals surface area contributed by atoms with Gasteiger partial charge in [0, 0.05) is 18.3 Å². The zero-order chi connectivity index (χ0) is 15.5. The largest absolute Gasteiger partial charge is 0.493 e. The predicted octanol–water partition coefficient (Wildman–Crippen LogP) is 5.03. The summed E-state index contributed by atoms with van der Waals surface area (Å²) >= 11 is 0. The van der Waals surface area contributed by atoms with Crippen LogP contribution in [-0.2, 0) is 0 Å². The Kier molecular flexibility index (Phi) is 8.41. The lowest BCUT2D eigenvalue weighted by Crippen LogP contribution is -2.02. The van der Waals surface area contributed by atoms with Crippen LogP contribution in [-0.4, -0.2) is 20.8 Å². The molecule has 0 saturated heterocycles. The Morgan fingerprint density at radius 2 is 1.71 bits per heavy atom. The molecule has 3 nitrogen and oxygen atoms in total. The smallest absolute Gasteiger partial charge is 0.162 e. The number of unbranched alkanes of at least 4 members (excludes halogenated alkanes) is 4. The van der Waals surface area contributed by atoms with Crippen molar-refractivity contribution in [1.29, 1.82) is 0 Å². The van der Waals surface area contributed by atoms with E-state index in [0.717, 1.165) is 23.7 Å². The van der Waals surface area contributed by atoms with Crippen LogP contribution in [0.25, 0.3) is 0 Å². The van der Waals surface area contributed by atoms with Crippen LogP contribution in [0.1, 0.15) is 46.0 Å². The van der Waals surface area contributed by atoms with Crippen molar-refractivity contribution in [2.45, 2.75) is 46.0 Å². The van der Waals surface area contributed by atoms with Crippen LogP contribution in [0.2, 0.25) is 0 Å². The molecule has 0 fully saturated rings. The van der Waals surface area contributed by atoms with Crippen molar-refractivity contribution >= 4 is 5.69 Å². The van der Waals surface area contributed by atoms with Crippen molar-refractivity contribution in [1.82, 2.24) is 0 Å². The molecule has 0 radical (unpaired) electrons. The van der Waals surface area contributed by atoms with Gasteiger partial charge in [-0.3, -0.25) is 0 Å². The first-order valence-corrected chi connectivity index (χ1v) is 7.76. The minimum atomic E-state index is 0.766. The summed E-state index contributed by atoms with van der Waals surface area (Å²) in [6.45, 7) is 5.32. The second-order valence-corrected chi connectivity index (χ2v) is 5.48. The average molecular weight is 291 g/mol. The normalized spacial score (nSPS) is 10.1. The van der Waals surface area contributed by atoms with Gasteiger partial charge in [0.05, 0.1) is 14.2 Å².